The zero-order valence-corrected chi connectivity index (χ0v) is 12.1. The van der Waals surface area contributed by atoms with Crippen LogP contribution in [0.1, 0.15) is 5.56 Å². The largest absolute Gasteiger partial charge is 0.508 e. The number of hydrogen-bond acceptors (Lipinski definition) is 4. The molecule has 0 aromatic heterocycles. The first-order chi connectivity index (χ1) is 10.2. The average Bonchev–Trinajstić information content (AvgIpc) is 2.50. The van der Waals surface area contributed by atoms with Gasteiger partial charge in [0.1, 0.15) is 18.5 Å². The highest BCUT2D eigenvalue weighted by Crippen LogP contribution is 2.30. The zero-order chi connectivity index (χ0) is 14.7. The molecule has 0 bridgehead atoms. The second-order valence-electron chi connectivity index (χ2n) is 4.87. The number of phenols is 1. The van der Waals surface area contributed by atoms with E-state index in [0.29, 0.717) is 30.3 Å². The van der Waals surface area contributed by atoms with E-state index in [0.717, 1.165) is 11.5 Å². The second kappa shape index (κ2) is 6.24. The first kappa shape index (κ1) is 14.0. The Morgan fingerprint density at radius 3 is 2.76 bits per heavy atom. The lowest BCUT2D eigenvalue weighted by molar-refractivity contribution is 0.0902. The molecule has 3 rings (SSSR count). The molecule has 0 spiro atoms. The summed E-state index contributed by atoms with van der Waals surface area (Å²) in [5.41, 5.74) is 0.691. The Balaban J connectivity index is 1.55. The van der Waals surface area contributed by atoms with Crippen LogP contribution >= 0.6 is 11.6 Å². The summed E-state index contributed by atoms with van der Waals surface area (Å²) in [4.78, 5) is 0. The molecule has 0 fully saturated rings. The van der Waals surface area contributed by atoms with Crippen LogP contribution in [0.2, 0.25) is 5.02 Å². The quantitative estimate of drug-likeness (QED) is 0.912. The van der Waals surface area contributed by atoms with Gasteiger partial charge in [-0.2, -0.15) is 0 Å². The van der Waals surface area contributed by atoms with Crippen LogP contribution in [0.25, 0.3) is 0 Å². The fraction of sp³-hybridized carbons (Fsp3) is 0.250. The number of halogens is 1. The summed E-state index contributed by atoms with van der Waals surface area (Å²) in [6.07, 6.45) is -0.0652. The van der Waals surface area contributed by atoms with Gasteiger partial charge in [-0.05, 0) is 24.3 Å². The Kier molecular flexibility index (Phi) is 4.18. The van der Waals surface area contributed by atoms with Crippen molar-refractivity contribution in [2.45, 2.75) is 12.6 Å². The van der Waals surface area contributed by atoms with E-state index in [1.807, 2.05) is 24.3 Å². The van der Waals surface area contributed by atoms with Gasteiger partial charge in [-0.15, -0.1) is 0 Å². The van der Waals surface area contributed by atoms with Crippen LogP contribution in [-0.2, 0) is 6.54 Å². The predicted molar refractivity (Wildman–Crippen MR) is 81.2 cm³/mol. The minimum Gasteiger partial charge on any atom is -0.508 e. The molecule has 1 unspecified atom stereocenters. The fourth-order valence-corrected chi connectivity index (χ4v) is 2.48. The molecule has 1 aliphatic rings. The Hall–Kier alpha value is -1.91. The summed E-state index contributed by atoms with van der Waals surface area (Å²) in [6, 6.07) is 12.7. The van der Waals surface area contributed by atoms with Gasteiger partial charge in [0.2, 0.25) is 0 Å². The van der Waals surface area contributed by atoms with Crippen molar-refractivity contribution in [3.05, 3.63) is 53.1 Å². The van der Waals surface area contributed by atoms with Gasteiger partial charge < -0.3 is 19.9 Å². The highest BCUT2D eigenvalue weighted by Gasteiger charge is 2.20. The van der Waals surface area contributed by atoms with E-state index in [1.54, 1.807) is 18.2 Å². The first-order valence-corrected chi connectivity index (χ1v) is 7.17. The van der Waals surface area contributed by atoms with Crippen LogP contribution < -0.4 is 14.8 Å². The van der Waals surface area contributed by atoms with E-state index in [-0.39, 0.29) is 11.9 Å². The summed E-state index contributed by atoms with van der Waals surface area (Å²) in [5.74, 6) is 1.73. The maximum atomic E-state index is 9.78. The highest BCUT2D eigenvalue weighted by atomic mass is 35.5. The van der Waals surface area contributed by atoms with Gasteiger partial charge in [-0.3, -0.25) is 0 Å². The average molecular weight is 306 g/mol. The number of phenolic OH excluding ortho intramolecular Hbond substituents is 1. The van der Waals surface area contributed by atoms with Crippen LogP contribution in [-0.4, -0.2) is 24.4 Å². The van der Waals surface area contributed by atoms with Crippen LogP contribution in [0.3, 0.4) is 0 Å². The zero-order valence-electron chi connectivity index (χ0n) is 11.4. The molecule has 2 N–H and O–H groups in total. The van der Waals surface area contributed by atoms with Gasteiger partial charge in [0, 0.05) is 23.7 Å². The number of ether oxygens (including phenoxy) is 2. The first-order valence-electron chi connectivity index (χ1n) is 6.79. The predicted octanol–water partition coefficient (Wildman–Crippen LogP) is 2.98. The van der Waals surface area contributed by atoms with Crippen molar-refractivity contribution >= 4 is 11.6 Å². The minimum atomic E-state index is -0.0652. The van der Waals surface area contributed by atoms with Gasteiger partial charge >= 0.3 is 0 Å². The third-order valence-electron chi connectivity index (χ3n) is 3.34. The lowest BCUT2D eigenvalue weighted by Gasteiger charge is -2.26. The van der Waals surface area contributed by atoms with E-state index < -0.39 is 0 Å². The van der Waals surface area contributed by atoms with E-state index in [2.05, 4.69) is 5.32 Å². The van der Waals surface area contributed by atoms with Crippen molar-refractivity contribution < 1.29 is 14.6 Å². The van der Waals surface area contributed by atoms with Crippen molar-refractivity contribution in [1.29, 1.82) is 0 Å². The molecule has 5 heteroatoms. The molecular weight excluding hydrogens is 290 g/mol. The second-order valence-corrected chi connectivity index (χ2v) is 5.27. The third-order valence-corrected chi connectivity index (χ3v) is 3.69. The number of para-hydroxylation sites is 2. The molecular formula is C16H16ClNO3. The summed E-state index contributed by atoms with van der Waals surface area (Å²) in [6.45, 7) is 1.59. The van der Waals surface area contributed by atoms with E-state index >= 15 is 0 Å². The molecule has 21 heavy (non-hydrogen) atoms. The van der Waals surface area contributed by atoms with Crippen molar-refractivity contribution in [2.24, 2.45) is 0 Å². The Labute approximate surface area is 128 Å². The molecule has 0 saturated carbocycles. The Morgan fingerprint density at radius 2 is 1.95 bits per heavy atom. The van der Waals surface area contributed by atoms with Crippen molar-refractivity contribution in [1.82, 2.24) is 5.32 Å². The Bertz CT molecular complexity index is 612. The molecule has 0 saturated heterocycles. The van der Waals surface area contributed by atoms with Crippen molar-refractivity contribution in [2.75, 3.05) is 13.2 Å². The van der Waals surface area contributed by atoms with E-state index in [9.17, 15) is 5.11 Å². The van der Waals surface area contributed by atoms with Gasteiger partial charge in [-0.25, -0.2) is 0 Å². The standard InChI is InChI=1S/C16H16ClNO3/c17-13-4-3-5-14(19)12(13)9-18-8-11-10-20-15-6-1-2-7-16(15)21-11/h1-7,11,18-19H,8-10H2. The molecule has 1 aliphatic heterocycles. The molecule has 4 nitrogen and oxygen atoms in total. The number of nitrogens with one attached hydrogen (secondary N) is 1. The van der Waals surface area contributed by atoms with Crippen molar-refractivity contribution in [3.8, 4) is 17.2 Å². The Morgan fingerprint density at radius 1 is 1.14 bits per heavy atom. The molecule has 2 aromatic rings. The summed E-state index contributed by atoms with van der Waals surface area (Å²) < 4.78 is 11.5. The van der Waals surface area contributed by atoms with Crippen LogP contribution in [0, 0.1) is 0 Å². The smallest absolute Gasteiger partial charge is 0.161 e. The summed E-state index contributed by atoms with van der Waals surface area (Å²) in [5, 5.41) is 13.6. The van der Waals surface area contributed by atoms with E-state index in [1.165, 1.54) is 0 Å². The third kappa shape index (κ3) is 3.23. The molecule has 1 heterocycles. The number of fused-ring (bicyclic) bond motifs is 1. The maximum absolute atomic E-state index is 9.78. The molecule has 2 aromatic carbocycles. The normalized spacial score (nSPS) is 16.7. The SMILES string of the molecule is Oc1cccc(Cl)c1CNCC1COc2ccccc2O1. The molecule has 1 atom stereocenters. The lowest BCUT2D eigenvalue weighted by atomic mass is 10.2. The van der Waals surface area contributed by atoms with Gasteiger partial charge in [0.25, 0.3) is 0 Å². The van der Waals surface area contributed by atoms with Crippen LogP contribution in [0.4, 0.5) is 0 Å². The molecule has 0 amide bonds. The molecule has 0 aliphatic carbocycles. The van der Waals surface area contributed by atoms with Gasteiger partial charge in [0.15, 0.2) is 11.5 Å². The van der Waals surface area contributed by atoms with Gasteiger partial charge in [0.05, 0.1) is 0 Å². The summed E-state index contributed by atoms with van der Waals surface area (Å²) >= 11 is 6.06. The van der Waals surface area contributed by atoms with Crippen LogP contribution in [0.15, 0.2) is 42.5 Å². The summed E-state index contributed by atoms with van der Waals surface area (Å²) in [7, 11) is 0. The molecule has 0 radical (unpaired) electrons. The number of aromatic hydroxyl groups is 1. The van der Waals surface area contributed by atoms with E-state index in [4.69, 9.17) is 21.1 Å². The molecule has 110 valence electrons. The highest BCUT2D eigenvalue weighted by molar-refractivity contribution is 6.31. The number of benzene rings is 2. The number of hydrogen-bond donors (Lipinski definition) is 2. The van der Waals surface area contributed by atoms with Gasteiger partial charge in [-0.1, -0.05) is 29.8 Å². The monoisotopic (exact) mass is 305 g/mol. The lowest BCUT2D eigenvalue weighted by Crippen LogP contribution is -2.38. The maximum Gasteiger partial charge on any atom is 0.161 e. The van der Waals surface area contributed by atoms with Crippen LogP contribution in [0.5, 0.6) is 17.2 Å². The minimum absolute atomic E-state index is 0.0652. The topological polar surface area (TPSA) is 50.7 Å². The van der Waals surface area contributed by atoms with Crippen molar-refractivity contribution in [3.63, 3.8) is 0 Å². The number of rotatable bonds is 4. The fourth-order valence-electron chi connectivity index (χ4n) is 2.24.